The highest BCUT2D eigenvalue weighted by Crippen LogP contribution is 2.39. The minimum atomic E-state index is -3.07. The molecular formula is C20H19ClN2O4S2. The highest BCUT2D eigenvalue weighted by molar-refractivity contribution is 8.15. The molecule has 0 aromatic heterocycles. The molecule has 2 fully saturated rings. The summed E-state index contributed by atoms with van der Waals surface area (Å²) in [5.41, 5.74) is 1.04. The zero-order valence-corrected chi connectivity index (χ0v) is 17.8. The quantitative estimate of drug-likeness (QED) is 0.697. The Morgan fingerprint density at radius 3 is 2.59 bits per heavy atom. The first-order chi connectivity index (χ1) is 13.9. The highest BCUT2D eigenvalue weighted by atomic mass is 35.5. The van der Waals surface area contributed by atoms with Crippen molar-refractivity contribution in [3.05, 3.63) is 65.2 Å². The second-order valence-electron chi connectivity index (χ2n) is 6.94. The van der Waals surface area contributed by atoms with Crippen LogP contribution in [0, 0.1) is 0 Å². The number of amidine groups is 1. The number of rotatable bonds is 5. The Hall–Kier alpha value is -2.03. The Morgan fingerprint density at radius 2 is 1.86 bits per heavy atom. The molecule has 1 amide bonds. The Labute approximate surface area is 178 Å². The maximum Gasteiger partial charge on any atom is 0.285 e. The summed E-state index contributed by atoms with van der Waals surface area (Å²) in [6.45, 7) is 0.313. The molecule has 0 unspecified atom stereocenters. The van der Waals surface area contributed by atoms with E-state index in [9.17, 15) is 13.2 Å². The molecule has 2 aromatic rings. The second kappa shape index (κ2) is 8.38. The van der Waals surface area contributed by atoms with Crippen molar-refractivity contribution in [1.82, 2.24) is 4.90 Å². The monoisotopic (exact) mass is 450 g/mol. The van der Waals surface area contributed by atoms with Crippen molar-refractivity contribution in [3.63, 3.8) is 0 Å². The van der Waals surface area contributed by atoms with Gasteiger partial charge in [-0.05, 0) is 29.8 Å². The largest absolute Gasteiger partial charge is 0.484 e. The number of halogens is 1. The lowest BCUT2D eigenvalue weighted by atomic mass is 10.1. The van der Waals surface area contributed by atoms with Crippen molar-refractivity contribution in [3.8, 4) is 5.75 Å². The van der Waals surface area contributed by atoms with E-state index in [1.807, 2.05) is 35.2 Å². The van der Waals surface area contributed by atoms with Crippen LogP contribution in [0.1, 0.15) is 5.56 Å². The number of sulfone groups is 1. The lowest BCUT2D eigenvalue weighted by molar-refractivity contribution is -0.119. The fourth-order valence-corrected chi connectivity index (χ4v) is 7.51. The molecule has 0 saturated carbocycles. The van der Waals surface area contributed by atoms with Crippen molar-refractivity contribution >= 4 is 44.3 Å². The molecule has 2 aliphatic rings. The smallest absolute Gasteiger partial charge is 0.285 e. The Bertz CT molecular complexity index is 1030. The van der Waals surface area contributed by atoms with Crippen LogP contribution in [-0.4, -0.2) is 53.8 Å². The summed E-state index contributed by atoms with van der Waals surface area (Å²) < 4.78 is 29.6. The van der Waals surface area contributed by atoms with Gasteiger partial charge in [-0.3, -0.25) is 4.79 Å². The van der Waals surface area contributed by atoms with Crippen molar-refractivity contribution in [1.29, 1.82) is 0 Å². The van der Waals surface area contributed by atoms with Gasteiger partial charge < -0.3 is 9.64 Å². The van der Waals surface area contributed by atoms with E-state index in [4.69, 9.17) is 16.3 Å². The van der Waals surface area contributed by atoms with Crippen molar-refractivity contribution in [2.75, 3.05) is 18.1 Å². The Kier molecular flexibility index (Phi) is 5.85. The van der Waals surface area contributed by atoms with Crippen molar-refractivity contribution in [2.24, 2.45) is 4.99 Å². The summed E-state index contributed by atoms with van der Waals surface area (Å²) in [6, 6.07) is 16.3. The van der Waals surface area contributed by atoms with Crippen LogP contribution < -0.4 is 4.74 Å². The number of thioether (sulfide) groups is 1. The van der Waals surface area contributed by atoms with Crippen LogP contribution in [0.4, 0.5) is 0 Å². The highest BCUT2D eigenvalue weighted by Gasteiger charge is 2.48. The number of carbonyl (C=O) groups excluding carboxylic acids is 1. The fraction of sp³-hybridized carbons (Fsp3) is 0.300. The van der Waals surface area contributed by atoms with E-state index in [2.05, 4.69) is 4.99 Å². The van der Waals surface area contributed by atoms with Gasteiger partial charge >= 0.3 is 0 Å². The first kappa shape index (κ1) is 20.3. The first-order valence-electron chi connectivity index (χ1n) is 9.07. The van der Waals surface area contributed by atoms with E-state index >= 15 is 0 Å². The molecule has 2 aliphatic heterocycles. The van der Waals surface area contributed by atoms with Crippen LogP contribution >= 0.6 is 23.4 Å². The summed E-state index contributed by atoms with van der Waals surface area (Å²) in [5.74, 6) is 0.322. The van der Waals surface area contributed by atoms with Gasteiger partial charge in [-0.2, -0.15) is 4.99 Å². The molecule has 0 bridgehead atoms. The number of hydrogen-bond donors (Lipinski definition) is 0. The van der Waals surface area contributed by atoms with E-state index in [-0.39, 0.29) is 29.4 Å². The van der Waals surface area contributed by atoms with Crippen LogP contribution in [0.2, 0.25) is 5.02 Å². The van der Waals surface area contributed by atoms with Gasteiger partial charge in [0, 0.05) is 16.8 Å². The lowest BCUT2D eigenvalue weighted by Crippen LogP contribution is -2.37. The predicted molar refractivity (Wildman–Crippen MR) is 115 cm³/mol. The molecule has 2 saturated heterocycles. The minimum absolute atomic E-state index is 0.0893. The molecule has 6 nitrogen and oxygen atoms in total. The number of hydrogen-bond acceptors (Lipinski definition) is 5. The zero-order chi connectivity index (χ0) is 20.4. The van der Waals surface area contributed by atoms with E-state index in [1.54, 1.807) is 24.3 Å². The number of aliphatic imine (C=N–C) groups is 1. The maximum atomic E-state index is 12.4. The number of amides is 1. The third-order valence-electron chi connectivity index (χ3n) is 4.77. The summed E-state index contributed by atoms with van der Waals surface area (Å²) in [4.78, 5) is 18.6. The normalized spacial score (nSPS) is 23.9. The minimum Gasteiger partial charge on any atom is -0.484 e. The van der Waals surface area contributed by atoms with Crippen molar-refractivity contribution < 1.29 is 17.9 Å². The first-order valence-corrected chi connectivity index (χ1v) is 12.1. The molecule has 2 aromatic carbocycles. The zero-order valence-electron chi connectivity index (χ0n) is 15.4. The Morgan fingerprint density at radius 1 is 1.14 bits per heavy atom. The molecule has 0 spiro atoms. The lowest BCUT2D eigenvalue weighted by Gasteiger charge is -2.24. The molecule has 152 valence electrons. The van der Waals surface area contributed by atoms with Gasteiger partial charge in [0.25, 0.3) is 5.91 Å². The van der Waals surface area contributed by atoms with Gasteiger partial charge in [-0.25, -0.2) is 8.42 Å². The van der Waals surface area contributed by atoms with Crippen molar-refractivity contribution in [2.45, 2.75) is 17.8 Å². The molecular weight excluding hydrogens is 432 g/mol. The summed E-state index contributed by atoms with van der Waals surface area (Å²) in [5, 5.41) is 1.04. The fourth-order valence-electron chi connectivity index (χ4n) is 3.42. The van der Waals surface area contributed by atoms with E-state index < -0.39 is 15.7 Å². The second-order valence-corrected chi connectivity index (χ2v) is 10.7. The van der Waals surface area contributed by atoms with Crippen LogP contribution in [0.5, 0.6) is 5.75 Å². The molecule has 0 N–H and O–H groups in total. The number of benzene rings is 2. The molecule has 29 heavy (non-hydrogen) atoms. The van der Waals surface area contributed by atoms with E-state index in [0.717, 1.165) is 5.56 Å². The van der Waals surface area contributed by atoms with Crippen LogP contribution in [0.3, 0.4) is 0 Å². The van der Waals surface area contributed by atoms with Gasteiger partial charge in [0.15, 0.2) is 21.6 Å². The molecule has 2 heterocycles. The van der Waals surface area contributed by atoms with Crippen LogP contribution in [-0.2, 0) is 21.2 Å². The molecule has 0 aliphatic carbocycles. The summed E-state index contributed by atoms with van der Waals surface area (Å²) in [7, 11) is -3.07. The van der Waals surface area contributed by atoms with Gasteiger partial charge in [-0.15, -0.1) is 0 Å². The van der Waals surface area contributed by atoms with Crippen LogP contribution in [0.15, 0.2) is 59.6 Å². The average molecular weight is 451 g/mol. The van der Waals surface area contributed by atoms with Gasteiger partial charge in [0.1, 0.15) is 5.75 Å². The number of fused-ring (bicyclic) bond motifs is 1. The standard InChI is InChI=1S/C20H19ClN2O4S2/c21-15-6-8-16(9-7-15)27-11-19(24)22-20-23(10-14-4-2-1-3-5-14)17-12-29(25,26)13-18(17)28-20/h1-9,17-18H,10-13H2/t17-,18-/m1/s1. The Balaban J connectivity index is 1.49. The number of carbonyl (C=O) groups is 1. The maximum absolute atomic E-state index is 12.4. The molecule has 0 radical (unpaired) electrons. The SMILES string of the molecule is O=C(COc1ccc(Cl)cc1)N=C1S[C@@H]2CS(=O)(=O)C[C@H]2N1Cc1ccccc1. The number of nitrogens with zero attached hydrogens (tertiary/aromatic N) is 2. The number of ether oxygens (including phenoxy) is 1. The third kappa shape index (κ3) is 4.94. The average Bonchev–Trinajstić information content (AvgIpc) is 3.14. The van der Waals surface area contributed by atoms with E-state index in [0.29, 0.717) is 22.5 Å². The molecule has 2 atom stereocenters. The molecule has 9 heteroatoms. The van der Waals surface area contributed by atoms with Crippen LogP contribution in [0.25, 0.3) is 0 Å². The summed E-state index contributed by atoms with van der Waals surface area (Å²) >= 11 is 7.21. The topological polar surface area (TPSA) is 76.0 Å². The third-order valence-corrected chi connectivity index (χ3v) is 8.27. The predicted octanol–water partition coefficient (Wildman–Crippen LogP) is 3.02. The van der Waals surface area contributed by atoms with Gasteiger partial charge in [-0.1, -0.05) is 53.7 Å². The van der Waals surface area contributed by atoms with Gasteiger partial charge in [0.2, 0.25) is 0 Å². The summed E-state index contributed by atoms with van der Waals surface area (Å²) in [6.07, 6.45) is 0. The van der Waals surface area contributed by atoms with Gasteiger partial charge in [0.05, 0.1) is 17.5 Å². The molecule has 4 rings (SSSR count). The van der Waals surface area contributed by atoms with E-state index in [1.165, 1.54) is 11.8 Å².